The molecule has 7 nitrogen and oxygen atoms in total. The molecule has 1 aliphatic heterocycles. The van der Waals surface area contributed by atoms with E-state index >= 15 is 0 Å². The van der Waals surface area contributed by atoms with Crippen molar-refractivity contribution in [1.82, 2.24) is 25.2 Å². The van der Waals surface area contributed by atoms with Gasteiger partial charge in [-0.05, 0) is 19.4 Å². The highest BCUT2D eigenvalue weighted by molar-refractivity contribution is 5.86. The average molecular weight is 267 g/mol. The number of carbonyl (C=O) groups excluding carboxylic acids is 1. The number of aromatic nitrogens is 3. The fraction of sp³-hybridized carbons (Fsp3) is 0.750. The van der Waals surface area contributed by atoms with Crippen molar-refractivity contribution in [1.29, 1.82) is 0 Å². The van der Waals surface area contributed by atoms with E-state index in [0.29, 0.717) is 13.2 Å². The standard InChI is InChI=1S/C12H21N5O2/c1-13-11(18)12(9-19-3)5-4-6-17(12)8-10-7-14-15-16(10)2/h7H,4-6,8-9H2,1-3H3,(H,13,18). The van der Waals surface area contributed by atoms with E-state index in [9.17, 15) is 4.79 Å². The maximum atomic E-state index is 12.3. The third-order valence-corrected chi connectivity index (χ3v) is 3.82. The Kier molecular flexibility index (Phi) is 4.16. The van der Waals surface area contributed by atoms with Crippen molar-refractivity contribution in [2.75, 3.05) is 27.3 Å². The Bertz CT molecular complexity index is 447. The molecule has 1 unspecified atom stereocenters. The summed E-state index contributed by atoms with van der Waals surface area (Å²) in [7, 11) is 5.16. The highest BCUT2D eigenvalue weighted by Crippen LogP contribution is 2.31. The number of nitrogens with zero attached hydrogens (tertiary/aromatic N) is 4. The van der Waals surface area contributed by atoms with Crippen molar-refractivity contribution in [3.8, 4) is 0 Å². The average Bonchev–Trinajstić information content (AvgIpc) is 2.98. The molecule has 0 aromatic carbocycles. The van der Waals surface area contributed by atoms with Crippen LogP contribution >= 0.6 is 0 Å². The molecule has 0 radical (unpaired) electrons. The van der Waals surface area contributed by atoms with Gasteiger partial charge < -0.3 is 10.1 Å². The zero-order valence-corrected chi connectivity index (χ0v) is 11.7. The first-order valence-electron chi connectivity index (χ1n) is 6.44. The molecule has 2 rings (SSSR count). The number of aryl methyl sites for hydroxylation is 1. The van der Waals surface area contributed by atoms with E-state index in [-0.39, 0.29) is 5.91 Å². The molecule has 1 amide bonds. The van der Waals surface area contributed by atoms with Crippen LogP contribution in [0.3, 0.4) is 0 Å². The van der Waals surface area contributed by atoms with Crippen molar-refractivity contribution < 1.29 is 9.53 Å². The van der Waals surface area contributed by atoms with Gasteiger partial charge in [-0.25, -0.2) is 0 Å². The SMILES string of the molecule is CNC(=O)C1(COC)CCCN1Cc1cnnn1C. The Morgan fingerprint density at radius 1 is 1.63 bits per heavy atom. The summed E-state index contributed by atoms with van der Waals surface area (Å²) >= 11 is 0. The molecule has 0 bridgehead atoms. The minimum Gasteiger partial charge on any atom is -0.382 e. The van der Waals surface area contributed by atoms with E-state index in [1.807, 2.05) is 7.05 Å². The summed E-state index contributed by atoms with van der Waals surface area (Å²) in [6, 6.07) is 0. The number of likely N-dealkylation sites (tertiary alicyclic amines) is 1. The highest BCUT2D eigenvalue weighted by atomic mass is 16.5. The molecular formula is C12H21N5O2. The summed E-state index contributed by atoms with van der Waals surface area (Å²) in [6.45, 7) is 1.93. The van der Waals surface area contributed by atoms with Crippen LogP contribution in [0.15, 0.2) is 6.20 Å². The Labute approximate surface area is 112 Å². The second-order valence-corrected chi connectivity index (χ2v) is 4.92. The van der Waals surface area contributed by atoms with E-state index in [4.69, 9.17) is 4.74 Å². The zero-order valence-electron chi connectivity index (χ0n) is 11.7. The lowest BCUT2D eigenvalue weighted by Gasteiger charge is -2.36. The molecular weight excluding hydrogens is 246 g/mol. The van der Waals surface area contributed by atoms with Crippen molar-refractivity contribution in [3.63, 3.8) is 0 Å². The molecule has 1 atom stereocenters. The first-order chi connectivity index (χ1) is 9.14. The van der Waals surface area contributed by atoms with Crippen LogP contribution in [0.2, 0.25) is 0 Å². The monoisotopic (exact) mass is 267 g/mol. The predicted octanol–water partition coefficient (Wildman–Crippen LogP) is -0.458. The van der Waals surface area contributed by atoms with Gasteiger partial charge in [0.2, 0.25) is 5.91 Å². The number of rotatable bonds is 5. The molecule has 1 aliphatic rings. The van der Waals surface area contributed by atoms with Gasteiger partial charge in [-0.3, -0.25) is 14.4 Å². The van der Waals surface area contributed by atoms with Gasteiger partial charge in [0, 0.05) is 27.7 Å². The first-order valence-corrected chi connectivity index (χ1v) is 6.44. The quantitative estimate of drug-likeness (QED) is 0.782. The summed E-state index contributed by atoms with van der Waals surface area (Å²) in [5.74, 6) is 0.0157. The maximum Gasteiger partial charge on any atom is 0.242 e. The molecule has 7 heteroatoms. The molecule has 19 heavy (non-hydrogen) atoms. The number of ether oxygens (including phenoxy) is 1. The third kappa shape index (κ3) is 2.48. The molecule has 1 aromatic rings. The lowest BCUT2D eigenvalue weighted by atomic mass is 9.95. The van der Waals surface area contributed by atoms with E-state index in [2.05, 4.69) is 20.5 Å². The normalized spacial score (nSPS) is 23.7. The number of likely N-dealkylation sites (N-methyl/N-ethyl adjacent to an activating group) is 1. The fourth-order valence-electron chi connectivity index (χ4n) is 2.77. The van der Waals surface area contributed by atoms with Gasteiger partial charge in [-0.1, -0.05) is 5.21 Å². The second kappa shape index (κ2) is 5.66. The van der Waals surface area contributed by atoms with Gasteiger partial charge in [-0.15, -0.1) is 5.10 Å². The topological polar surface area (TPSA) is 72.3 Å². The van der Waals surface area contributed by atoms with Crippen LogP contribution in [-0.2, 0) is 23.1 Å². The largest absolute Gasteiger partial charge is 0.382 e. The second-order valence-electron chi connectivity index (χ2n) is 4.92. The molecule has 0 saturated carbocycles. The van der Waals surface area contributed by atoms with Gasteiger partial charge in [0.15, 0.2) is 0 Å². The number of carbonyl (C=O) groups is 1. The van der Waals surface area contributed by atoms with Gasteiger partial charge in [-0.2, -0.15) is 0 Å². The lowest BCUT2D eigenvalue weighted by Crippen LogP contribution is -2.57. The van der Waals surface area contributed by atoms with Gasteiger partial charge in [0.25, 0.3) is 0 Å². The van der Waals surface area contributed by atoms with E-state index in [1.54, 1.807) is 25.0 Å². The van der Waals surface area contributed by atoms with Crippen LogP contribution in [0.25, 0.3) is 0 Å². The lowest BCUT2D eigenvalue weighted by molar-refractivity contribution is -0.135. The van der Waals surface area contributed by atoms with Crippen molar-refractivity contribution >= 4 is 5.91 Å². The van der Waals surface area contributed by atoms with Crippen molar-refractivity contribution in [2.24, 2.45) is 7.05 Å². The molecule has 106 valence electrons. The van der Waals surface area contributed by atoms with Crippen LogP contribution in [0, 0.1) is 0 Å². The number of hydrogen-bond donors (Lipinski definition) is 1. The summed E-state index contributed by atoms with van der Waals surface area (Å²) in [4.78, 5) is 14.4. The smallest absolute Gasteiger partial charge is 0.242 e. The summed E-state index contributed by atoms with van der Waals surface area (Å²) in [5, 5.41) is 10.6. The van der Waals surface area contributed by atoms with Crippen molar-refractivity contribution in [2.45, 2.75) is 24.9 Å². The van der Waals surface area contributed by atoms with Crippen LogP contribution in [0.5, 0.6) is 0 Å². The van der Waals surface area contributed by atoms with Gasteiger partial charge in [0.05, 0.1) is 18.5 Å². The number of nitrogens with one attached hydrogen (secondary N) is 1. The van der Waals surface area contributed by atoms with Crippen LogP contribution < -0.4 is 5.32 Å². The summed E-state index contributed by atoms with van der Waals surface area (Å²) < 4.78 is 7.03. The fourth-order valence-corrected chi connectivity index (χ4v) is 2.77. The van der Waals surface area contributed by atoms with Crippen LogP contribution in [0.4, 0.5) is 0 Å². The number of methoxy groups -OCH3 is 1. The summed E-state index contributed by atoms with van der Waals surface area (Å²) in [6.07, 6.45) is 3.54. The molecule has 0 spiro atoms. The van der Waals surface area contributed by atoms with E-state index in [0.717, 1.165) is 25.1 Å². The summed E-state index contributed by atoms with van der Waals surface area (Å²) in [5.41, 5.74) is 0.416. The first kappa shape index (κ1) is 14.0. The Balaban J connectivity index is 2.22. The molecule has 2 heterocycles. The molecule has 0 aliphatic carbocycles. The molecule has 1 aromatic heterocycles. The molecule has 1 N–H and O–H groups in total. The van der Waals surface area contributed by atoms with E-state index < -0.39 is 5.54 Å². The number of hydrogen-bond acceptors (Lipinski definition) is 5. The predicted molar refractivity (Wildman–Crippen MR) is 69.3 cm³/mol. The minimum absolute atomic E-state index is 0.0157. The third-order valence-electron chi connectivity index (χ3n) is 3.82. The Morgan fingerprint density at radius 3 is 3.00 bits per heavy atom. The highest BCUT2D eigenvalue weighted by Gasteiger charge is 2.47. The van der Waals surface area contributed by atoms with E-state index in [1.165, 1.54) is 0 Å². The Hall–Kier alpha value is -1.47. The molecule has 1 saturated heterocycles. The van der Waals surface area contributed by atoms with Gasteiger partial charge >= 0.3 is 0 Å². The van der Waals surface area contributed by atoms with Crippen LogP contribution in [-0.4, -0.2) is 58.6 Å². The number of amides is 1. The van der Waals surface area contributed by atoms with Gasteiger partial charge in [0.1, 0.15) is 5.54 Å². The Morgan fingerprint density at radius 2 is 2.42 bits per heavy atom. The molecule has 1 fully saturated rings. The maximum absolute atomic E-state index is 12.3. The van der Waals surface area contributed by atoms with Crippen LogP contribution in [0.1, 0.15) is 18.5 Å². The minimum atomic E-state index is -0.576. The van der Waals surface area contributed by atoms with Crippen molar-refractivity contribution in [3.05, 3.63) is 11.9 Å². The zero-order chi connectivity index (χ0) is 13.9.